The Morgan fingerprint density at radius 2 is 2.27 bits per heavy atom. The van der Waals surface area contributed by atoms with Gasteiger partial charge >= 0.3 is 0 Å². The second-order valence-corrected chi connectivity index (χ2v) is 4.35. The van der Waals surface area contributed by atoms with E-state index < -0.39 is 10.2 Å². The molecule has 66 valence electrons. The molecule has 0 aromatic heterocycles. The molecule has 1 atom stereocenters. The molecule has 0 aromatic carbocycles. The molecular weight excluding hydrogens is 168 g/mol. The number of nitrogens with zero attached hydrogens (tertiary/aromatic N) is 1. The first-order valence-electron chi connectivity index (χ1n) is 3.30. The molecule has 0 bridgehead atoms. The van der Waals surface area contributed by atoms with Crippen LogP contribution in [0.5, 0.6) is 0 Å². The molecule has 1 fully saturated rings. The van der Waals surface area contributed by atoms with Crippen LogP contribution in [0.1, 0.15) is 0 Å². The number of methoxy groups -OCH3 is 1. The minimum Gasteiger partial charge on any atom is -0.379 e. The van der Waals surface area contributed by atoms with Crippen molar-refractivity contribution in [2.24, 2.45) is 0 Å². The fourth-order valence-electron chi connectivity index (χ4n) is 0.916. The molecule has 1 N–H and O–H groups in total. The van der Waals surface area contributed by atoms with Crippen molar-refractivity contribution in [2.45, 2.75) is 6.10 Å². The summed E-state index contributed by atoms with van der Waals surface area (Å²) in [4.78, 5) is 0. The van der Waals surface area contributed by atoms with Crippen LogP contribution in [0.4, 0.5) is 0 Å². The quantitative estimate of drug-likeness (QED) is 0.550. The number of hydrogen-bond donors (Lipinski definition) is 1. The Labute approximate surface area is 66.5 Å². The van der Waals surface area contributed by atoms with E-state index in [0.717, 1.165) is 0 Å². The number of rotatable bonds is 1. The third kappa shape index (κ3) is 1.90. The van der Waals surface area contributed by atoms with Crippen molar-refractivity contribution in [1.82, 2.24) is 9.03 Å². The molecular formula is C5H12N2O3S. The standard InChI is InChI=1S/C5H12N2O3S/c1-7-4-5(10-2)3-6-11(7,8)9/h5-6H,3-4H2,1-2H3. The Morgan fingerprint density at radius 1 is 1.64 bits per heavy atom. The van der Waals surface area contributed by atoms with Gasteiger partial charge in [0.1, 0.15) is 0 Å². The molecule has 5 nitrogen and oxygen atoms in total. The van der Waals surface area contributed by atoms with Gasteiger partial charge in [0.2, 0.25) is 0 Å². The van der Waals surface area contributed by atoms with Gasteiger partial charge in [0, 0.05) is 27.2 Å². The predicted octanol–water partition coefficient (Wildman–Crippen LogP) is -1.22. The van der Waals surface area contributed by atoms with Crippen LogP contribution in [-0.4, -0.2) is 46.1 Å². The largest absolute Gasteiger partial charge is 0.379 e. The Kier molecular flexibility index (Phi) is 2.48. The van der Waals surface area contributed by atoms with Gasteiger partial charge in [0.15, 0.2) is 0 Å². The molecule has 1 aliphatic heterocycles. The van der Waals surface area contributed by atoms with Gasteiger partial charge in [-0.25, -0.2) is 0 Å². The maximum absolute atomic E-state index is 11.0. The van der Waals surface area contributed by atoms with E-state index in [1.165, 1.54) is 11.4 Å². The lowest BCUT2D eigenvalue weighted by atomic mass is 10.3. The zero-order valence-corrected chi connectivity index (χ0v) is 7.39. The molecule has 1 saturated heterocycles. The van der Waals surface area contributed by atoms with Crippen molar-refractivity contribution < 1.29 is 13.2 Å². The molecule has 0 amide bonds. The Morgan fingerprint density at radius 3 is 2.73 bits per heavy atom. The summed E-state index contributed by atoms with van der Waals surface area (Å²) in [6.45, 7) is 0.787. The minimum atomic E-state index is -3.20. The fourth-order valence-corrected chi connectivity index (χ4v) is 1.90. The van der Waals surface area contributed by atoms with Crippen LogP contribution in [0.3, 0.4) is 0 Å². The summed E-state index contributed by atoms with van der Waals surface area (Å²) < 4.78 is 30.6. The Balaban J connectivity index is 2.62. The van der Waals surface area contributed by atoms with E-state index in [-0.39, 0.29) is 6.10 Å². The molecule has 11 heavy (non-hydrogen) atoms. The van der Waals surface area contributed by atoms with Crippen LogP contribution >= 0.6 is 0 Å². The monoisotopic (exact) mass is 180 g/mol. The van der Waals surface area contributed by atoms with Crippen LogP contribution in [0.15, 0.2) is 0 Å². The average molecular weight is 180 g/mol. The molecule has 1 aliphatic rings. The van der Waals surface area contributed by atoms with E-state index in [9.17, 15) is 8.42 Å². The van der Waals surface area contributed by atoms with Crippen molar-refractivity contribution in [1.29, 1.82) is 0 Å². The van der Waals surface area contributed by atoms with E-state index in [0.29, 0.717) is 13.1 Å². The third-order valence-corrected chi connectivity index (χ3v) is 3.20. The van der Waals surface area contributed by atoms with Crippen molar-refractivity contribution in [3.8, 4) is 0 Å². The van der Waals surface area contributed by atoms with Crippen molar-refractivity contribution in [2.75, 3.05) is 27.2 Å². The van der Waals surface area contributed by atoms with Crippen molar-refractivity contribution in [3.05, 3.63) is 0 Å². The third-order valence-electron chi connectivity index (χ3n) is 1.70. The summed E-state index contributed by atoms with van der Waals surface area (Å²) in [6.07, 6.45) is -0.0384. The van der Waals surface area contributed by atoms with Gasteiger partial charge < -0.3 is 4.74 Å². The van der Waals surface area contributed by atoms with Crippen LogP contribution < -0.4 is 4.72 Å². The van der Waals surface area contributed by atoms with Gasteiger partial charge in [-0.3, -0.25) is 0 Å². The number of hydrogen-bond acceptors (Lipinski definition) is 3. The topological polar surface area (TPSA) is 58.6 Å². The lowest BCUT2D eigenvalue weighted by molar-refractivity contribution is 0.0843. The fraction of sp³-hybridized carbons (Fsp3) is 1.00. The maximum Gasteiger partial charge on any atom is 0.279 e. The van der Waals surface area contributed by atoms with E-state index in [1.54, 1.807) is 7.11 Å². The second-order valence-electron chi connectivity index (χ2n) is 2.49. The number of ether oxygens (including phenoxy) is 1. The van der Waals surface area contributed by atoms with Crippen LogP contribution in [0.2, 0.25) is 0 Å². The Hall–Kier alpha value is -0.170. The molecule has 0 aromatic rings. The first-order valence-corrected chi connectivity index (χ1v) is 4.74. The number of likely N-dealkylation sites (N-methyl/N-ethyl adjacent to an activating group) is 1. The van der Waals surface area contributed by atoms with Gasteiger partial charge in [0.05, 0.1) is 6.10 Å². The molecule has 1 rings (SSSR count). The van der Waals surface area contributed by atoms with E-state index in [1.807, 2.05) is 0 Å². The normalized spacial score (nSPS) is 32.0. The summed E-state index contributed by atoms with van der Waals surface area (Å²) in [6, 6.07) is 0. The lowest BCUT2D eigenvalue weighted by Crippen LogP contribution is -2.52. The smallest absolute Gasteiger partial charge is 0.279 e. The van der Waals surface area contributed by atoms with Crippen LogP contribution in [0, 0.1) is 0 Å². The lowest BCUT2D eigenvalue weighted by Gasteiger charge is -2.28. The van der Waals surface area contributed by atoms with Crippen molar-refractivity contribution in [3.63, 3.8) is 0 Å². The molecule has 1 unspecified atom stereocenters. The van der Waals surface area contributed by atoms with Crippen LogP contribution in [0.25, 0.3) is 0 Å². The minimum absolute atomic E-state index is 0.0384. The molecule has 1 heterocycles. The molecule has 0 saturated carbocycles. The second kappa shape index (κ2) is 3.06. The van der Waals surface area contributed by atoms with Gasteiger partial charge in [0.25, 0.3) is 10.2 Å². The highest BCUT2D eigenvalue weighted by Gasteiger charge is 2.27. The summed E-state index contributed by atoms with van der Waals surface area (Å²) >= 11 is 0. The predicted molar refractivity (Wildman–Crippen MR) is 40.3 cm³/mol. The SMILES string of the molecule is COC1CNS(=O)(=O)N(C)C1. The summed E-state index contributed by atoms with van der Waals surface area (Å²) in [5, 5.41) is 0. The van der Waals surface area contributed by atoms with Crippen LogP contribution in [-0.2, 0) is 14.9 Å². The molecule has 0 aliphatic carbocycles. The summed E-state index contributed by atoms with van der Waals surface area (Å²) in [7, 11) is -0.112. The maximum atomic E-state index is 11.0. The zero-order chi connectivity index (χ0) is 8.48. The van der Waals surface area contributed by atoms with Gasteiger partial charge in [-0.2, -0.15) is 17.4 Å². The van der Waals surface area contributed by atoms with E-state index >= 15 is 0 Å². The molecule has 0 radical (unpaired) electrons. The summed E-state index contributed by atoms with van der Waals surface area (Å²) in [5.41, 5.74) is 0. The van der Waals surface area contributed by atoms with E-state index in [4.69, 9.17) is 4.74 Å². The highest BCUT2D eigenvalue weighted by Crippen LogP contribution is 2.04. The van der Waals surface area contributed by atoms with E-state index in [2.05, 4.69) is 4.72 Å². The zero-order valence-electron chi connectivity index (χ0n) is 6.57. The Bertz CT molecular complexity index is 226. The van der Waals surface area contributed by atoms with Gasteiger partial charge in [-0.15, -0.1) is 0 Å². The van der Waals surface area contributed by atoms with Gasteiger partial charge in [-0.05, 0) is 0 Å². The van der Waals surface area contributed by atoms with Gasteiger partial charge in [-0.1, -0.05) is 0 Å². The highest BCUT2D eigenvalue weighted by atomic mass is 32.2. The van der Waals surface area contributed by atoms with Crippen molar-refractivity contribution >= 4 is 10.2 Å². The first-order chi connectivity index (χ1) is 5.06. The number of nitrogens with one attached hydrogen (secondary N) is 1. The molecule has 6 heteroatoms. The summed E-state index contributed by atoms with van der Waals surface area (Å²) in [5.74, 6) is 0. The average Bonchev–Trinajstić information content (AvgIpc) is 1.95. The first kappa shape index (κ1) is 8.92. The molecule has 0 spiro atoms. The highest BCUT2D eigenvalue weighted by molar-refractivity contribution is 7.87.